The predicted octanol–water partition coefficient (Wildman–Crippen LogP) is 4.56. The number of nitrogens with one attached hydrogen (secondary N) is 1. The van der Waals surface area contributed by atoms with Gasteiger partial charge in [0, 0.05) is 13.0 Å². The lowest BCUT2D eigenvalue weighted by molar-refractivity contribution is -0.243. The maximum absolute atomic E-state index is 12.3. The van der Waals surface area contributed by atoms with Gasteiger partial charge in [0.2, 0.25) is 5.91 Å². The fraction of sp³-hybridized carbons (Fsp3) is 0.783. The highest BCUT2D eigenvalue weighted by Crippen LogP contribution is 2.32. The fourth-order valence-electron chi connectivity index (χ4n) is 4.19. The van der Waals surface area contributed by atoms with E-state index in [-0.39, 0.29) is 18.6 Å². The van der Waals surface area contributed by atoms with E-state index in [0.717, 1.165) is 38.3 Å². The summed E-state index contributed by atoms with van der Waals surface area (Å²) in [6.07, 6.45) is 12.6. The number of likely N-dealkylation sites (tertiary alicyclic amines) is 1. The lowest BCUT2D eigenvalue weighted by atomic mass is 9.85. The number of allylic oxidation sites excluding steroid dienone is 2. The van der Waals surface area contributed by atoms with Gasteiger partial charge in [-0.2, -0.15) is 0 Å². The van der Waals surface area contributed by atoms with Gasteiger partial charge in [-0.05, 0) is 75.4 Å². The number of rotatable bonds is 13. The Labute approximate surface area is 171 Å². The monoisotopic (exact) mass is 392 g/mol. The van der Waals surface area contributed by atoms with Crippen LogP contribution in [-0.4, -0.2) is 48.3 Å². The van der Waals surface area contributed by atoms with Crippen LogP contribution in [0.5, 0.6) is 0 Å². The van der Waals surface area contributed by atoms with Crippen LogP contribution in [0, 0.1) is 11.8 Å². The Balaban J connectivity index is 1.72. The number of hydrogen-bond donors (Lipinski definition) is 2. The van der Waals surface area contributed by atoms with Crippen molar-refractivity contribution in [2.45, 2.75) is 78.2 Å². The Kier molecular flexibility index (Phi) is 10.2. The molecule has 1 aliphatic heterocycles. The zero-order chi connectivity index (χ0) is 20.4. The van der Waals surface area contributed by atoms with Crippen molar-refractivity contribution < 1.29 is 14.9 Å². The molecule has 0 aromatic carbocycles. The Morgan fingerprint density at radius 3 is 2.82 bits per heavy atom. The van der Waals surface area contributed by atoms with Crippen LogP contribution in [-0.2, 0) is 9.68 Å². The molecule has 1 aliphatic carbocycles. The minimum absolute atomic E-state index is 0.216. The average molecular weight is 393 g/mol. The van der Waals surface area contributed by atoms with Gasteiger partial charge in [0.05, 0.1) is 12.6 Å². The number of nitrogens with zero attached hydrogens (tertiary/aromatic N) is 1. The quantitative estimate of drug-likeness (QED) is 0.274. The number of fused-ring (bicyclic) bond motifs is 1. The standard InChI is InChI=1S/C23H40N2O3/c1-18(2)12-13-24-17-19(3)6-4-7-20-8-10-22-21(16-20)9-11-23(26)25(22)14-5-15-28-27/h8,16,18-19,22,24,27H,4-7,9-15,17H2,1-3H3. The van der Waals surface area contributed by atoms with E-state index < -0.39 is 0 Å². The maximum Gasteiger partial charge on any atom is 0.223 e. The van der Waals surface area contributed by atoms with E-state index in [0.29, 0.717) is 25.3 Å². The maximum atomic E-state index is 12.3. The highest BCUT2D eigenvalue weighted by Gasteiger charge is 2.32. The van der Waals surface area contributed by atoms with Crippen molar-refractivity contribution >= 4 is 5.91 Å². The van der Waals surface area contributed by atoms with Crippen LogP contribution in [0.2, 0.25) is 0 Å². The molecule has 0 aromatic rings. The molecule has 0 aromatic heterocycles. The van der Waals surface area contributed by atoms with Crippen molar-refractivity contribution in [1.82, 2.24) is 10.2 Å². The molecule has 2 unspecified atom stereocenters. The first kappa shape index (κ1) is 23.1. The van der Waals surface area contributed by atoms with Gasteiger partial charge in [-0.3, -0.25) is 10.1 Å². The first-order valence-corrected chi connectivity index (χ1v) is 11.2. The summed E-state index contributed by atoms with van der Waals surface area (Å²) in [6.45, 7) is 10.1. The summed E-state index contributed by atoms with van der Waals surface area (Å²) in [7, 11) is 0. The molecule has 0 radical (unpaired) electrons. The molecule has 0 bridgehead atoms. The van der Waals surface area contributed by atoms with Gasteiger partial charge in [0.15, 0.2) is 0 Å². The van der Waals surface area contributed by atoms with Crippen molar-refractivity contribution in [3.8, 4) is 0 Å². The molecular formula is C23H40N2O3. The first-order chi connectivity index (χ1) is 13.5. The lowest BCUT2D eigenvalue weighted by Gasteiger charge is -2.39. The molecule has 2 rings (SSSR count). The Morgan fingerprint density at radius 2 is 2.07 bits per heavy atom. The highest BCUT2D eigenvalue weighted by atomic mass is 17.1. The molecule has 2 aliphatic rings. The van der Waals surface area contributed by atoms with E-state index in [2.05, 4.69) is 43.1 Å². The van der Waals surface area contributed by atoms with Gasteiger partial charge in [0.25, 0.3) is 0 Å². The van der Waals surface area contributed by atoms with Gasteiger partial charge < -0.3 is 10.2 Å². The first-order valence-electron chi connectivity index (χ1n) is 11.2. The van der Waals surface area contributed by atoms with Crippen LogP contribution in [0.25, 0.3) is 0 Å². The van der Waals surface area contributed by atoms with Crippen LogP contribution >= 0.6 is 0 Å². The Hall–Kier alpha value is -1.17. The minimum Gasteiger partial charge on any atom is -0.336 e. The molecule has 5 nitrogen and oxygen atoms in total. The van der Waals surface area contributed by atoms with Gasteiger partial charge >= 0.3 is 0 Å². The van der Waals surface area contributed by atoms with E-state index >= 15 is 0 Å². The molecular weight excluding hydrogens is 352 g/mol. The summed E-state index contributed by atoms with van der Waals surface area (Å²) in [5.74, 6) is 1.72. The van der Waals surface area contributed by atoms with Crippen LogP contribution in [0.4, 0.5) is 0 Å². The summed E-state index contributed by atoms with van der Waals surface area (Å²) in [4.78, 5) is 18.4. The number of hydrogen-bond acceptors (Lipinski definition) is 4. The Bertz CT molecular complexity index is 542. The second-order valence-electron chi connectivity index (χ2n) is 8.91. The third kappa shape index (κ3) is 7.69. The van der Waals surface area contributed by atoms with Crippen LogP contribution in [0.15, 0.2) is 23.3 Å². The van der Waals surface area contributed by atoms with E-state index in [9.17, 15) is 4.79 Å². The fourth-order valence-corrected chi connectivity index (χ4v) is 4.19. The van der Waals surface area contributed by atoms with Crippen LogP contribution in [0.1, 0.15) is 72.1 Å². The molecule has 160 valence electrons. The van der Waals surface area contributed by atoms with E-state index in [1.165, 1.54) is 30.4 Å². The summed E-state index contributed by atoms with van der Waals surface area (Å²) in [5.41, 5.74) is 2.85. The molecule has 1 amide bonds. The normalized spacial score (nSPS) is 20.8. The topological polar surface area (TPSA) is 61.8 Å². The van der Waals surface area contributed by atoms with E-state index in [1.54, 1.807) is 0 Å². The molecule has 5 heteroatoms. The molecule has 2 N–H and O–H groups in total. The van der Waals surface area contributed by atoms with Gasteiger partial charge in [-0.1, -0.05) is 38.5 Å². The molecule has 0 spiro atoms. The second kappa shape index (κ2) is 12.4. The minimum atomic E-state index is 0.216. The van der Waals surface area contributed by atoms with Crippen molar-refractivity contribution in [2.75, 3.05) is 26.2 Å². The summed E-state index contributed by atoms with van der Waals surface area (Å²) >= 11 is 0. The largest absolute Gasteiger partial charge is 0.336 e. The third-order valence-electron chi connectivity index (χ3n) is 5.91. The molecule has 0 saturated carbocycles. The highest BCUT2D eigenvalue weighted by molar-refractivity contribution is 5.79. The molecule has 1 saturated heterocycles. The summed E-state index contributed by atoms with van der Waals surface area (Å²) < 4.78 is 0. The number of amides is 1. The predicted molar refractivity (Wildman–Crippen MR) is 114 cm³/mol. The lowest BCUT2D eigenvalue weighted by Crippen LogP contribution is -2.46. The third-order valence-corrected chi connectivity index (χ3v) is 5.91. The van der Waals surface area contributed by atoms with Gasteiger partial charge in [-0.15, -0.1) is 0 Å². The SMILES string of the molecule is CC(C)CCNCC(C)CCCC1=CCC2C(=C1)CCC(=O)N2CCCOO. The zero-order valence-electron chi connectivity index (χ0n) is 18.1. The molecule has 2 atom stereocenters. The Morgan fingerprint density at radius 1 is 1.25 bits per heavy atom. The number of carbonyl (C=O) groups excluding carboxylic acids is 1. The van der Waals surface area contributed by atoms with E-state index in [4.69, 9.17) is 5.26 Å². The van der Waals surface area contributed by atoms with Crippen molar-refractivity contribution in [3.05, 3.63) is 23.3 Å². The average Bonchev–Trinajstić information content (AvgIpc) is 2.67. The van der Waals surface area contributed by atoms with E-state index in [1.807, 2.05) is 4.90 Å². The molecule has 28 heavy (non-hydrogen) atoms. The zero-order valence-corrected chi connectivity index (χ0v) is 18.1. The smallest absolute Gasteiger partial charge is 0.223 e. The van der Waals surface area contributed by atoms with Gasteiger partial charge in [0.1, 0.15) is 0 Å². The van der Waals surface area contributed by atoms with Crippen molar-refractivity contribution in [1.29, 1.82) is 0 Å². The van der Waals surface area contributed by atoms with Crippen LogP contribution in [0.3, 0.4) is 0 Å². The number of piperidine rings is 1. The van der Waals surface area contributed by atoms with Gasteiger partial charge in [-0.25, -0.2) is 4.89 Å². The van der Waals surface area contributed by atoms with Crippen molar-refractivity contribution in [3.63, 3.8) is 0 Å². The van der Waals surface area contributed by atoms with Crippen molar-refractivity contribution in [2.24, 2.45) is 11.8 Å². The number of carbonyl (C=O) groups is 1. The van der Waals surface area contributed by atoms with Crippen LogP contribution < -0.4 is 5.32 Å². The molecule has 1 heterocycles. The second-order valence-corrected chi connectivity index (χ2v) is 8.91. The summed E-state index contributed by atoms with van der Waals surface area (Å²) in [5, 5.41) is 12.1. The summed E-state index contributed by atoms with van der Waals surface area (Å²) in [6, 6.07) is 0.216. The molecule has 1 fully saturated rings.